The smallest absolute Gasteiger partial charge is 0.411 e. The summed E-state index contributed by atoms with van der Waals surface area (Å²) in [5.41, 5.74) is 4.05. The minimum absolute atomic E-state index is 0.0707. The molecule has 0 heterocycles. The topological polar surface area (TPSA) is 87.7 Å². The van der Waals surface area contributed by atoms with Gasteiger partial charge in [0.25, 0.3) is 0 Å². The van der Waals surface area contributed by atoms with Crippen molar-refractivity contribution >= 4 is 17.9 Å². The van der Waals surface area contributed by atoms with Gasteiger partial charge in [0.05, 0.1) is 0 Å². The van der Waals surface area contributed by atoms with Crippen LogP contribution in [0.4, 0.5) is 4.79 Å². The molecular weight excluding hydrogens is 526 g/mol. The van der Waals surface area contributed by atoms with Gasteiger partial charge in [0.1, 0.15) is 6.04 Å². The van der Waals surface area contributed by atoms with E-state index >= 15 is 0 Å². The summed E-state index contributed by atoms with van der Waals surface area (Å²) in [5.74, 6) is -0.226. The summed E-state index contributed by atoms with van der Waals surface area (Å²) in [7, 11) is 1.65. The number of benzene rings is 2. The maximum Gasteiger partial charge on any atom is 0.411 e. The van der Waals surface area contributed by atoms with Crippen LogP contribution in [0.2, 0.25) is 0 Å². The number of carbonyl (C=O) groups is 3. The number of carbonyl (C=O) groups excluding carboxylic acids is 3. The lowest BCUT2D eigenvalue weighted by Crippen LogP contribution is -2.48. The SMILES string of the molecule is CCCCCCCCCCCCNC(=O)C(CCCCNC(C)=O)N(C)C(=O)OC1c2ccccc2-c2ccccc21. The minimum atomic E-state index is -0.648. The van der Waals surface area contributed by atoms with Crippen LogP contribution >= 0.6 is 0 Å². The molecule has 0 radical (unpaired) electrons. The fourth-order valence-corrected chi connectivity index (χ4v) is 5.72. The lowest BCUT2D eigenvalue weighted by molar-refractivity contribution is -0.126. The van der Waals surface area contributed by atoms with Crippen LogP contribution in [-0.2, 0) is 14.3 Å². The average Bonchev–Trinajstić information content (AvgIpc) is 3.30. The van der Waals surface area contributed by atoms with Crippen molar-refractivity contribution in [1.29, 1.82) is 0 Å². The van der Waals surface area contributed by atoms with Crippen LogP contribution in [0.1, 0.15) is 115 Å². The summed E-state index contributed by atoms with van der Waals surface area (Å²) >= 11 is 0. The second-order valence-corrected chi connectivity index (χ2v) is 11.5. The highest BCUT2D eigenvalue weighted by molar-refractivity contribution is 5.86. The Morgan fingerprint density at radius 1 is 0.738 bits per heavy atom. The Morgan fingerprint density at radius 3 is 1.81 bits per heavy atom. The highest BCUT2D eigenvalue weighted by Crippen LogP contribution is 2.45. The van der Waals surface area contributed by atoms with Gasteiger partial charge in [0.2, 0.25) is 11.8 Å². The van der Waals surface area contributed by atoms with Crippen LogP contribution in [0.5, 0.6) is 0 Å². The van der Waals surface area contributed by atoms with Crippen molar-refractivity contribution in [3.05, 3.63) is 59.7 Å². The van der Waals surface area contributed by atoms with Crippen LogP contribution in [0.15, 0.2) is 48.5 Å². The molecule has 2 aromatic rings. The second-order valence-electron chi connectivity index (χ2n) is 11.5. The molecule has 3 rings (SSSR count). The molecule has 0 fully saturated rings. The van der Waals surface area contributed by atoms with Crippen molar-refractivity contribution in [3.63, 3.8) is 0 Å². The van der Waals surface area contributed by atoms with E-state index in [1.165, 1.54) is 63.2 Å². The average molecular weight is 578 g/mol. The van der Waals surface area contributed by atoms with Crippen molar-refractivity contribution < 1.29 is 19.1 Å². The molecule has 2 aromatic carbocycles. The van der Waals surface area contributed by atoms with Crippen molar-refractivity contribution in [2.24, 2.45) is 0 Å². The predicted molar refractivity (Wildman–Crippen MR) is 169 cm³/mol. The number of nitrogens with one attached hydrogen (secondary N) is 2. The number of fused-ring (bicyclic) bond motifs is 3. The molecule has 1 atom stereocenters. The number of ether oxygens (including phenoxy) is 1. The number of amides is 3. The summed E-state index contributed by atoms with van der Waals surface area (Å²) in [6, 6.07) is 15.3. The molecule has 1 unspecified atom stereocenters. The zero-order chi connectivity index (χ0) is 30.2. The van der Waals surface area contributed by atoms with E-state index < -0.39 is 18.2 Å². The van der Waals surface area contributed by atoms with Gasteiger partial charge in [-0.2, -0.15) is 0 Å². The maximum absolute atomic E-state index is 13.5. The molecule has 1 aliphatic rings. The third-order valence-electron chi connectivity index (χ3n) is 8.16. The van der Waals surface area contributed by atoms with Crippen LogP contribution in [-0.4, -0.2) is 49.0 Å². The van der Waals surface area contributed by atoms with Crippen molar-refractivity contribution in [1.82, 2.24) is 15.5 Å². The summed E-state index contributed by atoms with van der Waals surface area (Å²) in [5, 5.41) is 5.87. The Balaban J connectivity index is 1.53. The van der Waals surface area contributed by atoms with E-state index in [1.807, 2.05) is 48.5 Å². The van der Waals surface area contributed by atoms with Gasteiger partial charge in [0, 0.05) is 38.2 Å². The molecule has 3 amide bonds. The highest BCUT2D eigenvalue weighted by Gasteiger charge is 2.34. The molecule has 1 aliphatic carbocycles. The molecule has 230 valence electrons. The van der Waals surface area contributed by atoms with Gasteiger partial charge < -0.3 is 15.4 Å². The van der Waals surface area contributed by atoms with Crippen molar-refractivity contribution in [2.75, 3.05) is 20.1 Å². The van der Waals surface area contributed by atoms with Crippen molar-refractivity contribution in [2.45, 2.75) is 109 Å². The van der Waals surface area contributed by atoms with Gasteiger partial charge in [-0.15, -0.1) is 0 Å². The number of hydrogen-bond acceptors (Lipinski definition) is 4. The first-order chi connectivity index (χ1) is 20.4. The summed E-state index contributed by atoms with van der Waals surface area (Å²) < 4.78 is 6.08. The third-order valence-corrected chi connectivity index (χ3v) is 8.16. The highest BCUT2D eigenvalue weighted by atomic mass is 16.6. The molecule has 0 bridgehead atoms. The number of rotatable bonds is 19. The molecule has 0 aromatic heterocycles. The van der Waals surface area contributed by atoms with Gasteiger partial charge in [-0.25, -0.2) is 4.79 Å². The molecule has 0 aliphatic heterocycles. The number of hydrogen-bond donors (Lipinski definition) is 2. The fraction of sp³-hybridized carbons (Fsp3) is 0.571. The van der Waals surface area contributed by atoms with Gasteiger partial charge in [-0.3, -0.25) is 14.5 Å². The zero-order valence-corrected chi connectivity index (χ0v) is 26.0. The van der Waals surface area contributed by atoms with E-state index in [0.717, 1.165) is 41.5 Å². The second kappa shape index (κ2) is 18.2. The fourth-order valence-electron chi connectivity index (χ4n) is 5.72. The lowest BCUT2D eigenvalue weighted by atomic mass is 10.1. The predicted octanol–water partition coefficient (Wildman–Crippen LogP) is 7.54. The Kier molecular flexibility index (Phi) is 14.4. The van der Waals surface area contributed by atoms with E-state index in [-0.39, 0.29) is 11.8 Å². The number of unbranched alkanes of at least 4 members (excludes halogenated alkanes) is 10. The largest absolute Gasteiger partial charge is 0.436 e. The lowest BCUT2D eigenvalue weighted by Gasteiger charge is -2.28. The number of nitrogens with zero attached hydrogens (tertiary/aromatic N) is 1. The molecule has 0 saturated heterocycles. The Morgan fingerprint density at radius 2 is 1.24 bits per heavy atom. The summed E-state index contributed by atoms with van der Waals surface area (Å²) in [6.07, 6.45) is 13.3. The standard InChI is InChI=1S/C35H51N3O4/c1-4-5-6-7-8-9-10-11-12-18-26-37-34(40)32(24-17-19-25-36-27(2)39)38(3)35(41)42-33-30-22-15-13-20-28(30)29-21-14-16-23-31(29)33/h13-16,20-23,32-33H,4-12,17-19,24-26H2,1-3H3,(H,36,39)(H,37,40). The first-order valence-electron chi connectivity index (χ1n) is 16.1. The summed E-state index contributed by atoms with van der Waals surface area (Å²) in [4.78, 5) is 39.5. The molecule has 42 heavy (non-hydrogen) atoms. The van der Waals surface area contributed by atoms with E-state index in [4.69, 9.17) is 4.74 Å². The van der Waals surface area contributed by atoms with Crippen LogP contribution in [0.3, 0.4) is 0 Å². The van der Waals surface area contributed by atoms with E-state index in [1.54, 1.807) is 7.05 Å². The van der Waals surface area contributed by atoms with Gasteiger partial charge in [0.15, 0.2) is 6.10 Å². The Bertz CT molecular complexity index is 1090. The number of likely N-dealkylation sites (N-methyl/N-ethyl adjacent to an activating group) is 1. The van der Waals surface area contributed by atoms with E-state index in [2.05, 4.69) is 17.6 Å². The zero-order valence-electron chi connectivity index (χ0n) is 26.0. The van der Waals surface area contributed by atoms with Crippen LogP contribution < -0.4 is 10.6 Å². The maximum atomic E-state index is 13.5. The minimum Gasteiger partial charge on any atom is -0.436 e. The normalized spacial score (nSPS) is 12.7. The Hall–Kier alpha value is -3.35. The van der Waals surface area contributed by atoms with Gasteiger partial charge in [-0.05, 0) is 36.8 Å². The molecular formula is C35H51N3O4. The van der Waals surface area contributed by atoms with Crippen LogP contribution in [0.25, 0.3) is 11.1 Å². The Labute approximate surface area is 252 Å². The molecule has 7 nitrogen and oxygen atoms in total. The first-order valence-corrected chi connectivity index (χ1v) is 16.1. The van der Waals surface area contributed by atoms with E-state index in [9.17, 15) is 14.4 Å². The first kappa shape index (κ1) is 33.2. The molecule has 2 N–H and O–H groups in total. The monoisotopic (exact) mass is 577 g/mol. The van der Waals surface area contributed by atoms with Gasteiger partial charge >= 0.3 is 6.09 Å². The third kappa shape index (κ3) is 10.2. The quantitative estimate of drug-likeness (QED) is 0.169. The molecule has 7 heteroatoms. The summed E-state index contributed by atoms with van der Waals surface area (Å²) in [6.45, 7) is 4.89. The van der Waals surface area contributed by atoms with Crippen molar-refractivity contribution in [3.8, 4) is 11.1 Å². The van der Waals surface area contributed by atoms with Gasteiger partial charge in [-0.1, -0.05) is 113 Å². The molecule has 0 spiro atoms. The van der Waals surface area contributed by atoms with E-state index in [0.29, 0.717) is 25.9 Å². The molecule has 0 saturated carbocycles. The van der Waals surface area contributed by atoms with Crippen LogP contribution in [0, 0.1) is 0 Å².